The maximum Gasteiger partial charge on any atom is 0.418 e. The van der Waals surface area contributed by atoms with Gasteiger partial charge in [-0.1, -0.05) is 18.2 Å². The molecule has 1 N–H and O–H groups in total. The minimum absolute atomic E-state index is 0.189. The Hall–Kier alpha value is -3.95. The zero-order valence-corrected chi connectivity index (χ0v) is 17.1. The standard InChI is InChI=1S/C22H18F3N5O2/c1-13-7-8-15(9-14(13)2)30-20-16(10-27-30)21(32)29(12-26-20)11-19(31)28-18-6-4-3-5-17(18)22(23,24)25/h3-10,12H,11H2,1-2H3,(H,28,31). The van der Waals surface area contributed by atoms with Crippen molar-refractivity contribution in [3.63, 3.8) is 0 Å². The molecule has 32 heavy (non-hydrogen) atoms. The van der Waals surface area contributed by atoms with Gasteiger partial charge in [0.1, 0.15) is 18.3 Å². The maximum absolute atomic E-state index is 13.1. The Morgan fingerprint density at radius 1 is 1.09 bits per heavy atom. The highest BCUT2D eigenvalue weighted by Crippen LogP contribution is 2.34. The van der Waals surface area contributed by atoms with E-state index < -0.39 is 29.8 Å². The van der Waals surface area contributed by atoms with E-state index >= 15 is 0 Å². The molecule has 164 valence electrons. The SMILES string of the molecule is Cc1ccc(-n2ncc3c(=O)n(CC(=O)Nc4ccccc4C(F)(F)F)cnc32)cc1C. The molecular weight excluding hydrogens is 423 g/mol. The number of aromatic nitrogens is 4. The molecule has 0 radical (unpaired) electrons. The van der Waals surface area contributed by atoms with E-state index in [1.165, 1.54) is 29.3 Å². The van der Waals surface area contributed by atoms with Crippen molar-refractivity contribution in [3.05, 3.63) is 82.0 Å². The van der Waals surface area contributed by atoms with Crippen molar-refractivity contribution in [2.45, 2.75) is 26.6 Å². The lowest BCUT2D eigenvalue weighted by atomic mass is 10.1. The summed E-state index contributed by atoms with van der Waals surface area (Å²) in [6, 6.07) is 10.3. The summed E-state index contributed by atoms with van der Waals surface area (Å²) >= 11 is 0. The number of nitrogens with zero attached hydrogens (tertiary/aromatic N) is 4. The zero-order chi connectivity index (χ0) is 23.0. The van der Waals surface area contributed by atoms with Gasteiger partial charge < -0.3 is 5.32 Å². The van der Waals surface area contributed by atoms with Crippen LogP contribution >= 0.6 is 0 Å². The Morgan fingerprint density at radius 2 is 1.84 bits per heavy atom. The second-order valence-corrected chi connectivity index (χ2v) is 7.33. The number of fused-ring (bicyclic) bond motifs is 1. The molecular formula is C22H18F3N5O2. The Morgan fingerprint density at radius 3 is 2.56 bits per heavy atom. The average molecular weight is 441 g/mol. The van der Waals surface area contributed by atoms with E-state index in [-0.39, 0.29) is 11.1 Å². The van der Waals surface area contributed by atoms with E-state index in [4.69, 9.17) is 0 Å². The molecule has 0 aliphatic rings. The normalized spacial score (nSPS) is 11.7. The number of carbonyl (C=O) groups excluding carboxylic acids is 1. The van der Waals surface area contributed by atoms with Gasteiger partial charge in [0.15, 0.2) is 5.65 Å². The minimum Gasteiger partial charge on any atom is -0.324 e. The van der Waals surface area contributed by atoms with Gasteiger partial charge in [-0.15, -0.1) is 0 Å². The molecule has 0 unspecified atom stereocenters. The van der Waals surface area contributed by atoms with Crippen molar-refractivity contribution >= 4 is 22.6 Å². The van der Waals surface area contributed by atoms with E-state index in [2.05, 4.69) is 15.4 Å². The molecule has 0 aliphatic heterocycles. The average Bonchev–Trinajstić information content (AvgIpc) is 3.16. The second kappa shape index (κ2) is 7.95. The van der Waals surface area contributed by atoms with Crippen LogP contribution in [0.4, 0.5) is 18.9 Å². The number of halogens is 3. The van der Waals surface area contributed by atoms with Crippen LogP contribution in [0.3, 0.4) is 0 Å². The lowest BCUT2D eigenvalue weighted by Gasteiger charge is -2.14. The Labute approximate surface area is 180 Å². The van der Waals surface area contributed by atoms with Gasteiger partial charge in [0.25, 0.3) is 5.56 Å². The van der Waals surface area contributed by atoms with Gasteiger partial charge >= 0.3 is 6.18 Å². The van der Waals surface area contributed by atoms with Crippen LogP contribution in [0.2, 0.25) is 0 Å². The Bertz CT molecular complexity index is 1390. The van der Waals surface area contributed by atoms with Crippen LogP contribution < -0.4 is 10.9 Å². The smallest absolute Gasteiger partial charge is 0.324 e. The van der Waals surface area contributed by atoms with Crippen molar-refractivity contribution in [2.75, 3.05) is 5.32 Å². The van der Waals surface area contributed by atoms with Crippen LogP contribution in [-0.4, -0.2) is 25.2 Å². The summed E-state index contributed by atoms with van der Waals surface area (Å²) in [5, 5.41) is 6.64. The highest BCUT2D eigenvalue weighted by molar-refractivity contribution is 5.91. The fourth-order valence-electron chi connectivity index (χ4n) is 3.29. The molecule has 4 aromatic rings. The monoisotopic (exact) mass is 441 g/mol. The molecule has 2 aromatic carbocycles. The second-order valence-electron chi connectivity index (χ2n) is 7.33. The van der Waals surface area contributed by atoms with Crippen LogP contribution in [-0.2, 0) is 17.5 Å². The molecule has 10 heteroatoms. The number of hydrogen-bond acceptors (Lipinski definition) is 4. The summed E-state index contributed by atoms with van der Waals surface area (Å²) in [4.78, 5) is 29.4. The molecule has 0 atom stereocenters. The van der Waals surface area contributed by atoms with E-state index in [1.54, 1.807) is 0 Å². The number of para-hydroxylation sites is 1. The summed E-state index contributed by atoms with van der Waals surface area (Å²) in [6.45, 7) is 3.44. The Balaban J connectivity index is 1.61. The van der Waals surface area contributed by atoms with Crippen LogP contribution in [0.5, 0.6) is 0 Å². The van der Waals surface area contributed by atoms with Crippen LogP contribution in [0.25, 0.3) is 16.7 Å². The van der Waals surface area contributed by atoms with E-state index in [9.17, 15) is 22.8 Å². The van der Waals surface area contributed by atoms with Gasteiger partial charge in [-0.25, -0.2) is 9.67 Å². The van der Waals surface area contributed by atoms with Gasteiger partial charge in [0.2, 0.25) is 5.91 Å². The van der Waals surface area contributed by atoms with Gasteiger partial charge in [-0.05, 0) is 49.2 Å². The summed E-state index contributed by atoms with van der Waals surface area (Å²) < 4.78 is 41.9. The van der Waals surface area contributed by atoms with Crippen molar-refractivity contribution in [2.24, 2.45) is 0 Å². The lowest BCUT2D eigenvalue weighted by Crippen LogP contribution is -2.28. The van der Waals surface area contributed by atoms with E-state index in [0.29, 0.717) is 5.65 Å². The lowest BCUT2D eigenvalue weighted by molar-refractivity contribution is -0.137. The largest absolute Gasteiger partial charge is 0.418 e. The highest BCUT2D eigenvalue weighted by atomic mass is 19.4. The van der Waals surface area contributed by atoms with Gasteiger partial charge in [0, 0.05) is 0 Å². The number of anilines is 1. The molecule has 0 aliphatic carbocycles. The first-order valence-corrected chi connectivity index (χ1v) is 9.62. The van der Waals surface area contributed by atoms with Crippen LogP contribution in [0.15, 0.2) is 59.8 Å². The number of aryl methyl sites for hydroxylation is 2. The molecule has 7 nitrogen and oxygen atoms in total. The molecule has 1 amide bonds. The van der Waals surface area contributed by atoms with Crippen LogP contribution in [0.1, 0.15) is 16.7 Å². The van der Waals surface area contributed by atoms with Crippen molar-refractivity contribution < 1.29 is 18.0 Å². The molecule has 2 heterocycles. The minimum atomic E-state index is -4.62. The third-order valence-electron chi connectivity index (χ3n) is 5.11. The van der Waals surface area contributed by atoms with Gasteiger partial charge in [0.05, 0.1) is 23.1 Å². The summed E-state index contributed by atoms with van der Waals surface area (Å²) in [5.74, 6) is -0.786. The third-order valence-corrected chi connectivity index (χ3v) is 5.11. The number of carbonyl (C=O) groups is 1. The maximum atomic E-state index is 13.1. The number of rotatable bonds is 4. The Kier molecular flexibility index (Phi) is 5.29. The van der Waals surface area contributed by atoms with Crippen molar-refractivity contribution in [3.8, 4) is 5.69 Å². The molecule has 0 fully saturated rings. The number of hydrogen-bond donors (Lipinski definition) is 1. The first kappa shape index (κ1) is 21.3. The highest BCUT2D eigenvalue weighted by Gasteiger charge is 2.33. The third kappa shape index (κ3) is 3.98. The zero-order valence-electron chi connectivity index (χ0n) is 17.1. The summed E-state index contributed by atoms with van der Waals surface area (Å²) in [6.07, 6.45) is -2.09. The molecule has 0 bridgehead atoms. The van der Waals surface area contributed by atoms with Gasteiger partial charge in [-0.3, -0.25) is 14.2 Å². The predicted octanol–water partition coefficient (Wildman–Crippen LogP) is 3.86. The molecule has 0 saturated carbocycles. The molecule has 0 saturated heterocycles. The first-order chi connectivity index (χ1) is 15.1. The van der Waals surface area contributed by atoms with Crippen LogP contribution in [0, 0.1) is 13.8 Å². The molecule has 4 rings (SSSR count). The summed E-state index contributed by atoms with van der Waals surface area (Å²) in [5.41, 5.74) is 1.34. The van der Waals surface area contributed by atoms with E-state index in [0.717, 1.165) is 33.5 Å². The van der Waals surface area contributed by atoms with Crippen molar-refractivity contribution in [1.82, 2.24) is 19.3 Å². The fraction of sp³-hybridized carbons (Fsp3) is 0.182. The fourth-order valence-corrected chi connectivity index (χ4v) is 3.29. The number of alkyl halides is 3. The summed E-state index contributed by atoms with van der Waals surface area (Å²) in [7, 11) is 0. The molecule has 2 aromatic heterocycles. The topological polar surface area (TPSA) is 81.8 Å². The number of amides is 1. The quantitative estimate of drug-likeness (QED) is 0.522. The van der Waals surface area contributed by atoms with Crippen molar-refractivity contribution in [1.29, 1.82) is 0 Å². The van der Waals surface area contributed by atoms with Gasteiger partial charge in [-0.2, -0.15) is 18.3 Å². The number of nitrogens with one attached hydrogen (secondary N) is 1. The number of benzene rings is 2. The predicted molar refractivity (Wildman–Crippen MR) is 113 cm³/mol. The first-order valence-electron chi connectivity index (χ1n) is 9.62. The molecule has 0 spiro atoms. The van der Waals surface area contributed by atoms with E-state index in [1.807, 2.05) is 32.0 Å².